The Bertz CT molecular complexity index is 905. The Kier molecular flexibility index (Phi) is 5.97. The van der Waals surface area contributed by atoms with Gasteiger partial charge in [-0.3, -0.25) is 9.59 Å². The molecule has 0 aromatic heterocycles. The maximum absolute atomic E-state index is 12.7. The molecule has 168 valence electrons. The molecule has 2 amide bonds. The van der Waals surface area contributed by atoms with Crippen molar-refractivity contribution in [3.8, 4) is 5.75 Å². The summed E-state index contributed by atoms with van der Waals surface area (Å²) in [5.74, 6) is 1.42. The van der Waals surface area contributed by atoms with Crippen LogP contribution in [0.25, 0.3) is 0 Å². The van der Waals surface area contributed by atoms with Gasteiger partial charge < -0.3 is 9.62 Å². The van der Waals surface area contributed by atoms with Crippen LogP contribution < -0.4 is 9.79 Å². The average molecular weight is 428 g/mol. The highest BCUT2D eigenvalue weighted by Crippen LogP contribution is 2.61. The zero-order valence-corrected chi connectivity index (χ0v) is 19.1. The fourth-order valence-corrected chi connectivity index (χ4v) is 5.64. The third-order valence-corrected chi connectivity index (χ3v) is 7.75. The lowest BCUT2D eigenvalue weighted by molar-refractivity contribution is -0.298. The van der Waals surface area contributed by atoms with Crippen molar-refractivity contribution in [1.82, 2.24) is 0 Å². The molecule has 0 spiro atoms. The highest BCUT2D eigenvalue weighted by atomic mass is 17.2. The molecule has 3 fully saturated rings. The van der Waals surface area contributed by atoms with Gasteiger partial charge in [0.2, 0.25) is 0 Å². The summed E-state index contributed by atoms with van der Waals surface area (Å²) < 4.78 is 5.17. The van der Waals surface area contributed by atoms with E-state index >= 15 is 0 Å². The van der Waals surface area contributed by atoms with E-state index in [-0.39, 0.29) is 17.9 Å². The second-order valence-corrected chi connectivity index (χ2v) is 9.84. The molecule has 5 rings (SSSR count). The molecule has 1 aromatic carbocycles. The van der Waals surface area contributed by atoms with Crippen molar-refractivity contribution in [2.24, 2.45) is 23.2 Å². The van der Waals surface area contributed by atoms with Crippen LogP contribution in [0.4, 0.5) is 5.69 Å². The summed E-state index contributed by atoms with van der Waals surface area (Å²) in [7, 11) is 1.66. The number of fused-ring (bicyclic) bond motifs is 2. The van der Waals surface area contributed by atoms with E-state index in [0.29, 0.717) is 53.2 Å². The van der Waals surface area contributed by atoms with E-state index in [1.165, 1.54) is 17.4 Å². The Morgan fingerprint density at radius 3 is 2.58 bits per heavy atom. The molecule has 31 heavy (non-hydrogen) atoms. The molecule has 6 nitrogen and oxygen atoms in total. The van der Waals surface area contributed by atoms with Gasteiger partial charge in [-0.25, -0.2) is 4.90 Å². The first kappa shape index (κ1) is 22.0. The fourth-order valence-electron chi connectivity index (χ4n) is 5.64. The molecular formula is C25H33NO5. The summed E-state index contributed by atoms with van der Waals surface area (Å²) in [6.07, 6.45) is 5.04. The number of methoxy groups -OCH3 is 1. The second-order valence-electron chi connectivity index (χ2n) is 9.84. The predicted octanol–water partition coefficient (Wildman–Crippen LogP) is 4.47. The summed E-state index contributed by atoms with van der Waals surface area (Å²) in [4.78, 5) is 38.4. The Morgan fingerprint density at radius 2 is 1.97 bits per heavy atom. The summed E-state index contributed by atoms with van der Waals surface area (Å²) >= 11 is 0. The van der Waals surface area contributed by atoms with Crippen molar-refractivity contribution >= 4 is 17.5 Å². The summed E-state index contributed by atoms with van der Waals surface area (Å²) in [5, 5.41) is 0. The number of carbonyl (C=O) groups excluding carboxylic acids is 2. The molecule has 2 bridgehead atoms. The third kappa shape index (κ3) is 3.80. The lowest BCUT2D eigenvalue weighted by atomic mass is 9.45. The van der Waals surface area contributed by atoms with Crippen molar-refractivity contribution < 1.29 is 24.1 Å². The van der Waals surface area contributed by atoms with Crippen LogP contribution in [0.3, 0.4) is 0 Å². The van der Waals surface area contributed by atoms with Crippen LogP contribution in [0.2, 0.25) is 0 Å². The highest BCUT2D eigenvalue weighted by Gasteiger charge is 2.57. The minimum Gasteiger partial charge on any atom is -0.385 e. The van der Waals surface area contributed by atoms with E-state index in [0.717, 1.165) is 18.4 Å². The van der Waals surface area contributed by atoms with Crippen LogP contribution in [0.15, 0.2) is 29.8 Å². The second kappa shape index (κ2) is 8.40. The molecule has 1 heterocycles. The molecule has 0 N–H and O–H groups in total. The van der Waals surface area contributed by atoms with Crippen molar-refractivity contribution in [1.29, 1.82) is 0 Å². The SMILES string of the molecule is COCCCc1cccc(OOC2CC3CC(C2C)C3(C)C)c1N1C(=O)C=C(C)C1=O. The van der Waals surface area contributed by atoms with Gasteiger partial charge in [-0.1, -0.05) is 32.9 Å². The number of benzene rings is 1. The number of carbonyl (C=O) groups is 2. The van der Waals surface area contributed by atoms with Crippen molar-refractivity contribution in [3.63, 3.8) is 0 Å². The van der Waals surface area contributed by atoms with E-state index in [4.69, 9.17) is 14.5 Å². The monoisotopic (exact) mass is 427 g/mol. The molecule has 6 heteroatoms. The van der Waals surface area contributed by atoms with Crippen LogP contribution in [0, 0.1) is 23.2 Å². The number of aryl methyl sites for hydroxylation is 1. The molecule has 3 saturated carbocycles. The number of rotatable bonds is 8. The minimum absolute atomic E-state index is 0.00612. The van der Waals surface area contributed by atoms with Gasteiger partial charge in [0.1, 0.15) is 11.8 Å². The molecule has 4 aliphatic rings. The van der Waals surface area contributed by atoms with Gasteiger partial charge in [-0.15, -0.1) is 0 Å². The number of hydrogen-bond donors (Lipinski definition) is 0. The number of anilines is 1. The number of ether oxygens (including phenoxy) is 1. The van der Waals surface area contributed by atoms with Crippen LogP contribution in [0.5, 0.6) is 5.75 Å². The number of hydrogen-bond acceptors (Lipinski definition) is 5. The van der Waals surface area contributed by atoms with E-state index in [1.54, 1.807) is 20.1 Å². The molecule has 4 unspecified atom stereocenters. The van der Waals surface area contributed by atoms with Gasteiger partial charge in [-0.05, 0) is 67.4 Å². The first-order valence-electron chi connectivity index (χ1n) is 11.3. The summed E-state index contributed by atoms with van der Waals surface area (Å²) in [6, 6.07) is 5.56. The molecule has 1 aliphatic heterocycles. The van der Waals surface area contributed by atoms with Crippen LogP contribution in [-0.4, -0.2) is 31.6 Å². The number of para-hydroxylation sites is 1. The van der Waals surface area contributed by atoms with Crippen LogP contribution in [0.1, 0.15) is 52.5 Å². The number of nitrogens with zero attached hydrogens (tertiary/aromatic N) is 1. The normalized spacial score (nSPS) is 29.1. The lowest BCUT2D eigenvalue weighted by Gasteiger charge is -2.61. The number of imide groups is 1. The zero-order valence-electron chi connectivity index (χ0n) is 19.1. The Morgan fingerprint density at radius 1 is 1.19 bits per heavy atom. The van der Waals surface area contributed by atoms with E-state index in [2.05, 4.69) is 20.8 Å². The minimum atomic E-state index is -0.347. The summed E-state index contributed by atoms with van der Waals surface area (Å²) in [5.41, 5.74) is 2.13. The van der Waals surface area contributed by atoms with Gasteiger partial charge in [0.05, 0.1) is 0 Å². The summed E-state index contributed by atoms with van der Waals surface area (Å²) in [6.45, 7) is 9.18. The number of amides is 2. The molecule has 0 saturated heterocycles. The molecular weight excluding hydrogens is 394 g/mol. The molecule has 0 radical (unpaired) electrons. The standard InChI is InChI=1S/C25H33NO5/c1-15-12-22(27)26(24(15)28)23-17(9-7-11-29-5)8-6-10-20(23)30-31-21-14-18-13-19(16(21)2)25(18,3)4/h6,8,10,12,16,18-19,21H,7,9,11,13-14H2,1-5H3. The largest absolute Gasteiger partial charge is 0.385 e. The van der Waals surface area contributed by atoms with Gasteiger partial charge in [-0.2, -0.15) is 4.89 Å². The Hall–Kier alpha value is -2.18. The van der Waals surface area contributed by atoms with Crippen LogP contribution >= 0.6 is 0 Å². The van der Waals surface area contributed by atoms with Crippen LogP contribution in [-0.2, 0) is 25.6 Å². The first-order chi connectivity index (χ1) is 14.8. The van der Waals surface area contributed by atoms with Gasteiger partial charge in [0.15, 0.2) is 5.75 Å². The van der Waals surface area contributed by atoms with Gasteiger partial charge in [0.25, 0.3) is 11.8 Å². The van der Waals surface area contributed by atoms with Gasteiger partial charge in [0, 0.05) is 25.4 Å². The Balaban J connectivity index is 1.57. The predicted molar refractivity (Wildman–Crippen MR) is 118 cm³/mol. The molecule has 4 atom stereocenters. The third-order valence-electron chi connectivity index (χ3n) is 7.75. The fraction of sp³-hybridized carbons (Fsp3) is 0.600. The highest BCUT2D eigenvalue weighted by molar-refractivity contribution is 6.31. The topological polar surface area (TPSA) is 65.1 Å². The van der Waals surface area contributed by atoms with E-state index in [1.807, 2.05) is 12.1 Å². The smallest absolute Gasteiger partial charge is 0.261 e. The zero-order chi connectivity index (χ0) is 22.3. The van der Waals surface area contributed by atoms with Gasteiger partial charge >= 0.3 is 0 Å². The maximum atomic E-state index is 12.7. The van der Waals surface area contributed by atoms with E-state index in [9.17, 15) is 9.59 Å². The average Bonchev–Trinajstić information content (AvgIpc) is 2.98. The Labute approximate surface area is 184 Å². The van der Waals surface area contributed by atoms with Crippen molar-refractivity contribution in [3.05, 3.63) is 35.4 Å². The first-order valence-corrected chi connectivity index (χ1v) is 11.3. The van der Waals surface area contributed by atoms with E-state index < -0.39 is 0 Å². The quantitative estimate of drug-likeness (QED) is 0.265. The van der Waals surface area contributed by atoms with Crippen molar-refractivity contribution in [2.75, 3.05) is 18.6 Å². The lowest BCUT2D eigenvalue weighted by Crippen LogP contribution is -2.57. The maximum Gasteiger partial charge on any atom is 0.261 e. The molecule has 1 aromatic rings. The van der Waals surface area contributed by atoms with Crippen molar-refractivity contribution in [2.45, 2.75) is 59.5 Å². The molecule has 3 aliphatic carbocycles.